The van der Waals surface area contributed by atoms with Crippen molar-refractivity contribution in [2.75, 3.05) is 13.2 Å². The zero-order chi connectivity index (χ0) is 15.7. The summed E-state index contributed by atoms with van der Waals surface area (Å²) in [4.78, 5) is 2.68. The third-order valence-electron chi connectivity index (χ3n) is 6.73. The highest BCUT2D eigenvalue weighted by atomic mass is 16.3. The maximum Gasteiger partial charge on any atom is 0.0515 e. The van der Waals surface area contributed by atoms with Crippen LogP contribution in [0.3, 0.4) is 0 Å². The minimum absolute atomic E-state index is 0.315. The molecule has 4 aliphatic rings. The van der Waals surface area contributed by atoms with Gasteiger partial charge in [-0.15, -0.1) is 0 Å². The van der Waals surface area contributed by atoms with Gasteiger partial charge in [-0.25, -0.2) is 0 Å². The number of piperidine rings is 3. The number of benzene rings is 1. The van der Waals surface area contributed by atoms with Crippen LogP contribution in [0.1, 0.15) is 30.6 Å². The average molecular weight is 308 g/mol. The summed E-state index contributed by atoms with van der Waals surface area (Å²) in [7, 11) is 2.23. The molecule has 6 rings (SSSR count). The highest BCUT2D eigenvalue weighted by Gasteiger charge is 2.52. The lowest BCUT2D eigenvalue weighted by molar-refractivity contribution is -0.0513. The number of aromatic nitrogens is 1. The van der Waals surface area contributed by atoms with Crippen LogP contribution in [0.5, 0.6) is 0 Å². The first-order valence-corrected chi connectivity index (χ1v) is 8.82. The normalized spacial score (nSPS) is 36.7. The van der Waals surface area contributed by atoms with Gasteiger partial charge in [-0.2, -0.15) is 0 Å². The van der Waals surface area contributed by atoms with E-state index in [1.54, 1.807) is 5.57 Å². The Hall–Kier alpha value is -1.58. The van der Waals surface area contributed by atoms with Gasteiger partial charge in [0, 0.05) is 48.8 Å². The number of rotatable bonds is 1. The van der Waals surface area contributed by atoms with Gasteiger partial charge in [-0.1, -0.05) is 29.8 Å². The van der Waals surface area contributed by atoms with E-state index >= 15 is 0 Å². The number of hydrogen-bond acceptors (Lipinski definition) is 2. The highest BCUT2D eigenvalue weighted by molar-refractivity contribution is 5.86. The Bertz CT molecular complexity index is 818. The van der Waals surface area contributed by atoms with E-state index in [1.165, 1.54) is 28.6 Å². The number of aliphatic hydroxyl groups is 1. The van der Waals surface area contributed by atoms with Gasteiger partial charge in [0.25, 0.3) is 0 Å². The summed E-state index contributed by atoms with van der Waals surface area (Å²) in [6.45, 7) is 3.56. The number of allylic oxidation sites excluding steroid dienone is 1. The fourth-order valence-corrected chi connectivity index (χ4v) is 5.71. The molecule has 4 bridgehead atoms. The third-order valence-corrected chi connectivity index (χ3v) is 6.73. The summed E-state index contributed by atoms with van der Waals surface area (Å²) in [6.07, 6.45) is 4.54. The van der Waals surface area contributed by atoms with Gasteiger partial charge in [0.2, 0.25) is 0 Å². The second-order valence-electron chi connectivity index (χ2n) is 7.45. The van der Waals surface area contributed by atoms with Crippen LogP contribution in [0, 0.1) is 11.8 Å². The largest absolute Gasteiger partial charge is 0.396 e. The Morgan fingerprint density at radius 1 is 1.30 bits per heavy atom. The van der Waals surface area contributed by atoms with E-state index in [0.717, 1.165) is 13.0 Å². The van der Waals surface area contributed by atoms with Crippen LogP contribution in [0.25, 0.3) is 10.9 Å². The number of nitrogens with zero attached hydrogens (tertiary/aromatic N) is 2. The summed E-state index contributed by atoms with van der Waals surface area (Å²) in [5.74, 6) is 0.967. The van der Waals surface area contributed by atoms with Crippen LogP contribution >= 0.6 is 0 Å². The minimum Gasteiger partial charge on any atom is -0.396 e. The van der Waals surface area contributed by atoms with Crippen molar-refractivity contribution in [2.45, 2.75) is 31.8 Å². The maximum atomic E-state index is 10.0. The van der Waals surface area contributed by atoms with Crippen molar-refractivity contribution in [1.29, 1.82) is 0 Å². The number of fused-ring (bicyclic) bond motifs is 4. The monoisotopic (exact) mass is 308 g/mol. The quantitative estimate of drug-likeness (QED) is 0.820. The van der Waals surface area contributed by atoms with Crippen molar-refractivity contribution in [1.82, 2.24) is 9.47 Å². The summed E-state index contributed by atoms with van der Waals surface area (Å²) >= 11 is 0. The molecule has 2 aromatic rings. The smallest absolute Gasteiger partial charge is 0.0515 e. The molecule has 5 heterocycles. The van der Waals surface area contributed by atoms with E-state index in [1.807, 2.05) is 0 Å². The van der Waals surface area contributed by atoms with Crippen molar-refractivity contribution < 1.29 is 5.11 Å². The maximum absolute atomic E-state index is 10.0. The third kappa shape index (κ3) is 1.62. The Morgan fingerprint density at radius 3 is 2.91 bits per heavy atom. The van der Waals surface area contributed by atoms with Crippen molar-refractivity contribution in [3.63, 3.8) is 0 Å². The lowest BCUT2D eigenvalue weighted by Crippen LogP contribution is -2.61. The van der Waals surface area contributed by atoms with E-state index in [-0.39, 0.29) is 0 Å². The van der Waals surface area contributed by atoms with Gasteiger partial charge in [0.15, 0.2) is 0 Å². The predicted molar refractivity (Wildman–Crippen MR) is 92.3 cm³/mol. The minimum atomic E-state index is 0.315. The topological polar surface area (TPSA) is 28.4 Å². The molecule has 1 unspecified atom stereocenters. The van der Waals surface area contributed by atoms with E-state index < -0.39 is 0 Å². The van der Waals surface area contributed by atoms with Crippen molar-refractivity contribution >= 4 is 10.9 Å². The molecule has 4 aliphatic heterocycles. The Kier molecular flexibility index (Phi) is 2.83. The Balaban J connectivity index is 1.72. The van der Waals surface area contributed by atoms with E-state index in [9.17, 15) is 5.11 Å². The molecule has 0 aliphatic carbocycles. The summed E-state index contributed by atoms with van der Waals surface area (Å²) < 4.78 is 2.43. The molecule has 1 aromatic heterocycles. The molecule has 23 heavy (non-hydrogen) atoms. The van der Waals surface area contributed by atoms with E-state index in [2.05, 4.69) is 53.8 Å². The highest BCUT2D eigenvalue weighted by Crippen LogP contribution is 2.54. The fraction of sp³-hybridized carbons (Fsp3) is 0.500. The van der Waals surface area contributed by atoms with Crippen LogP contribution in [0.15, 0.2) is 35.9 Å². The first-order valence-electron chi connectivity index (χ1n) is 8.82. The number of para-hydroxylation sites is 1. The molecule has 5 atom stereocenters. The second-order valence-corrected chi connectivity index (χ2v) is 7.45. The van der Waals surface area contributed by atoms with Crippen molar-refractivity contribution in [2.24, 2.45) is 18.9 Å². The first kappa shape index (κ1) is 13.8. The molecule has 1 aromatic carbocycles. The van der Waals surface area contributed by atoms with Crippen LogP contribution in [0.4, 0.5) is 0 Å². The molecule has 0 radical (unpaired) electrons. The molecule has 3 fully saturated rings. The molecule has 1 N–H and O–H groups in total. The molecule has 3 heteroatoms. The Labute approximate surface area is 137 Å². The lowest BCUT2D eigenvalue weighted by Gasteiger charge is -2.58. The fourth-order valence-electron chi connectivity index (χ4n) is 5.71. The first-order chi connectivity index (χ1) is 11.2. The SMILES string of the molecule is C/C=C1/CN2[C@H]3C[C@@H]1[C@@H](CO)[C@@H]2Cc1c3n(C)c2ccccc12. The zero-order valence-electron chi connectivity index (χ0n) is 13.9. The molecule has 120 valence electrons. The van der Waals surface area contributed by atoms with Crippen molar-refractivity contribution in [3.8, 4) is 0 Å². The van der Waals surface area contributed by atoms with Gasteiger partial charge in [0.05, 0.1) is 6.04 Å². The predicted octanol–water partition coefficient (Wildman–Crippen LogP) is 3.03. The summed E-state index contributed by atoms with van der Waals surface area (Å²) in [5, 5.41) is 11.5. The molecule has 0 amide bonds. The Morgan fingerprint density at radius 2 is 2.13 bits per heavy atom. The van der Waals surface area contributed by atoms with E-state index in [4.69, 9.17) is 0 Å². The molecule has 0 spiro atoms. The van der Waals surface area contributed by atoms with Gasteiger partial charge >= 0.3 is 0 Å². The van der Waals surface area contributed by atoms with Gasteiger partial charge in [-0.05, 0) is 37.3 Å². The van der Waals surface area contributed by atoms with Gasteiger partial charge in [0.1, 0.15) is 0 Å². The number of aryl methyl sites for hydroxylation is 1. The molecule has 3 nitrogen and oxygen atoms in total. The van der Waals surface area contributed by atoms with Crippen LogP contribution < -0.4 is 0 Å². The average Bonchev–Trinajstić information content (AvgIpc) is 2.87. The molecule has 0 saturated carbocycles. The molecule has 3 saturated heterocycles. The number of aliphatic hydroxyl groups excluding tert-OH is 1. The summed E-state index contributed by atoms with van der Waals surface area (Å²) in [5.41, 5.74) is 5.96. The van der Waals surface area contributed by atoms with Gasteiger partial charge in [-0.3, -0.25) is 4.90 Å². The molecular weight excluding hydrogens is 284 g/mol. The van der Waals surface area contributed by atoms with Crippen LogP contribution in [0.2, 0.25) is 0 Å². The lowest BCUT2D eigenvalue weighted by atomic mass is 9.64. The second kappa shape index (κ2) is 4.71. The van der Waals surface area contributed by atoms with Crippen LogP contribution in [-0.4, -0.2) is 33.8 Å². The standard InChI is InChI=1S/C20H24N2O/c1-3-12-10-22-18-9-15-13-6-4-5-7-17(13)21(2)20(15)19(22)8-14(12)16(18)11-23/h3-7,14,16,18-19,23H,8-11H2,1-2H3/b12-3-/t14-,16+,18-,19-/m0/s1. The van der Waals surface area contributed by atoms with Crippen LogP contribution in [-0.2, 0) is 13.5 Å². The molecular formula is C20H24N2O. The summed E-state index contributed by atoms with van der Waals surface area (Å²) in [6, 6.07) is 9.84. The van der Waals surface area contributed by atoms with Crippen molar-refractivity contribution in [3.05, 3.63) is 47.2 Å². The zero-order valence-corrected chi connectivity index (χ0v) is 13.9. The van der Waals surface area contributed by atoms with Gasteiger partial charge < -0.3 is 9.67 Å². The van der Waals surface area contributed by atoms with E-state index in [0.29, 0.717) is 30.5 Å². The number of hydrogen-bond donors (Lipinski definition) is 1.